The molecule has 1 aromatic carbocycles. The van der Waals surface area contributed by atoms with Crippen LogP contribution in [-0.4, -0.2) is 14.8 Å². The van der Waals surface area contributed by atoms with Gasteiger partial charge in [-0.25, -0.2) is 4.68 Å². The van der Waals surface area contributed by atoms with Crippen LogP contribution in [-0.2, 0) is 0 Å². The van der Waals surface area contributed by atoms with Gasteiger partial charge in [0, 0.05) is 11.6 Å². The van der Waals surface area contributed by atoms with Crippen LogP contribution in [0.5, 0.6) is 0 Å². The van der Waals surface area contributed by atoms with Gasteiger partial charge >= 0.3 is 0 Å². The fourth-order valence-corrected chi connectivity index (χ4v) is 3.24. The van der Waals surface area contributed by atoms with Crippen LogP contribution in [0.3, 0.4) is 0 Å². The Morgan fingerprint density at radius 2 is 2.11 bits per heavy atom. The van der Waals surface area contributed by atoms with Crippen molar-refractivity contribution in [1.29, 1.82) is 0 Å². The molecule has 1 aliphatic carbocycles. The van der Waals surface area contributed by atoms with Crippen molar-refractivity contribution in [2.45, 2.75) is 25.3 Å². The summed E-state index contributed by atoms with van der Waals surface area (Å²) < 4.78 is 2.03. The van der Waals surface area contributed by atoms with E-state index in [4.69, 9.17) is 0 Å². The molecule has 1 aromatic heterocycles. The van der Waals surface area contributed by atoms with E-state index in [1.54, 1.807) is 6.33 Å². The second-order valence-corrected chi connectivity index (χ2v) is 5.21. The van der Waals surface area contributed by atoms with Gasteiger partial charge in [-0.1, -0.05) is 36.4 Å². The Morgan fingerprint density at radius 3 is 3.00 bits per heavy atom. The molecule has 0 fully saturated rings. The summed E-state index contributed by atoms with van der Waals surface area (Å²) in [5, 5.41) is 7.85. The van der Waals surface area contributed by atoms with Crippen LogP contribution in [0, 0.1) is 5.92 Å². The highest BCUT2D eigenvalue weighted by atomic mass is 15.4. The number of fused-ring (bicyclic) bond motifs is 2. The molecule has 0 radical (unpaired) electrons. The number of hydrogen-bond donors (Lipinski definition) is 1. The highest BCUT2D eigenvalue weighted by Crippen LogP contribution is 2.42. The molecule has 2 aliphatic rings. The number of nitrogens with one attached hydrogen (secondary N) is 1. The molecule has 0 amide bonds. The maximum atomic E-state index is 4.42. The number of allylic oxidation sites excluding steroid dienone is 2. The van der Waals surface area contributed by atoms with E-state index < -0.39 is 0 Å². The lowest BCUT2D eigenvalue weighted by atomic mass is 9.82. The second kappa shape index (κ2) is 4.23. The lowest BCUT2D eigenvalue weighted by Gasteiger charge is -2.37. The highest BCUT2D eigenvalue weighted by molar-refractivity contribution is 5.43. The number of hydrogen-bond acceptors (Lipinski definition) is 3. The Balaban J connectivity index is 1.87. The summed E-state index contributed by atoms with van der Waals surface area (Å²) in [6, 6.07) is 10.9. The van der Waals surface area contributed by atoms with Gasteiger partial charge in [0.25, 0.3) is 0 Å². The van der Waals surface area contributed by atoms with Crippen molar-refractivity contribution in [1.82, 2.24) is 14.8 Å². The first-order chi connectivity index (χ1) is 9.43. The number of rotatable bonds is 1. The van der Waals surface area contributed by atoms with Crippen LogP contribution in [0.4, 0.5) is 5.95 Å². The van der Waals surface area contributed by atoms with E-state index >= 15 is 0 Å². The Labute approximate surface area is 112 Å². The Morgan fingerprint density at radius 1 is 1.21 bits per heavy atom. The quantitative estimate of drug-likeness (QED) is 0.848. The fourth-order valence-electron chi connectivity index (χ4n) is 3.24. The molecule has 1 N–H and O–H groups in total. The van der Waals surface area contributed by atoms with E-state index in [1.165, 1.54) is 24.1 Å². The number of nitrogens with zero attached hydrogens (tertiary/aromatic N) is 3. The molecule has 0 saturated carbocycles. The van der Waals surface area contributed by atoms with E-state index in [9.17, 15) is 0 Å². The zero-order valence-electron chi connectivity index (χ0n) is 10.7. The average Bonchev–Trinajstić information content (AvgIpc) is 2.93. The maximum Gasteiger partial charge on any atom is 0.225 e. The average molecular weight is 252 g/mol. The Bertz CT molecular complexity index is 614. The van der Waals surface area contributed by atoms with Gasteiger partial charge in [0.2, 0.25) is 5.95 Å². The van der Waals surface area contributed by atoms with E-state index in [2.05, 4.69) is 51.8 Å². The van der Waals surface area contributed by atoms with Crippen molar-refractivity contribution in [3.63, 3.8) is 0 Å². The van der Waals surface area contributed by atoms with Gasteiger partial charge in [-0.05, 0) is 24.8 Å². The molecule has 1 aliphatic heterocycles. The number of benzene rings is 1. The first-order valence-corrected chi connectivity index (χ1v) is 6.85. The van der Waals surface area contributed by atoms with Crippen LogP contribution >= 0.6 is 0 Å². The molecule has 96 valence electrons. The first-order valence-electron chi connectivity index (χ1n) is 6.85. The third-order valence-electron chi connectivity index (χ3n) is 4.10. The largest absolute Gasteiger partial charge is 0.328 e. The molecule has 0 saturated heterocycles. The normalized spacial score (nSPS) is 24.9. The van der Waals surface area contributed by atoms with Crippen molar-refractivity contribution in [3.05, 3.63) is 54.0 Å². The van der Waals surface area contributed by atoms with E-state index in [0.717, 1.165) is 12.4 Å². The Kier molecular flexibility index (Phi) is 2.40. The predicted octanol–water partition coefficient (Wildman–Crippen LogP) is 2.98. The van der Waals surface area contributed by atoms with E-state index in [0.29, 0.717) is 5.92 Å². The molecule has 2 unspecified atom stereocenters. The minimum Gasteiger partial charge on any atom is -0.328 e. The van der Waals surface area contributed by atoms with Crippen molar-refractivity contribution < 1.29 is 0 Å². The third-order valence-corrected chi connectivity index (χ3v) is 4.10. The van der Waals surface area contributed by atoms with E-state index in [1.807, 2.05) is 4.68 Å². The summed E-state index contributed by atoms with van der Waals surface area (Å²) in [4.78, 5) is 4.32. The molecule has 0 spiro atoms. The minimum absolute atomic E-state index is 0.270. The standard InChI is InChI=1S/C15H16N4/c1-2-6-11(7-3-1)14-12-8-4-5-9-13(12)18-15-16-10-17-19(14)15/h1-3,6-7,9-10,12,14H,4-5,8H2,(H,16,17,18). The summed E-state index contributed by atoms with van der Waals surface area (Å²) in [6.45, 7) is 0. The molecule has 2 aromatic rings. The van der Waals surface area contributed by atoms with Gasteiger partial charge < -0.3 is 5.32 Å². The smallest absolute Gasteiger partial charge is 0.225 e. The minimum atomic E-state index is 0.270. The van der Waals surface area contributed by atoms with Crippen molar-refractivity contribution in [2.75, 3.05) is 5.32 Å². The van der Waals surface area contributed by atoms with Crippen molar-refractivity contribution >= 4 is 5.95 Å². The molecule has 19 heavy (non-hydrogen) atoms. The van der Waals surface area contributed by atoms with Gasteiger partial charge in [-0.15, -0.1) is 0 Å². The maximum absolute atomic E-state index is 4.42. The molecule has 2 atom stereocenters. The van der Waals surface area contributed by atoms with Gasteiger partial charge in [-0.2, -0.15) is 10.1 Å². The molecular formula is C15H16N4. The molecule has 2 heterocycles. The van der Waals surface area contributed by atoms with Crippen LogP contribution in [0.25, 0.3) is 0 Å². The fraction of sp³-hybridized carbons (Fsp3) is 0.333. The predicted molar refractivity (Wildman–Crippen MR) is 73.6 cm³/mol. The van der Waals surface area contributed by atoms with E-state index in [-0.39, 0.29) is 6.04 Å². The van der Waals surface area contributed by atoms with Gasteiger partial charge in [0.1, 0.15) is 6.33 Å². The zero-order chi connectivity index (χ0) is 12.7. The SMILES string of the molecule is C1=C2Nc3ncnn3C(c3ccccc3)C2CCC1. The van der Waals surface area contributed by atoms with Crippen molar-refractivity contribution in [2.24, 2.45) is 5.92 Å². The van der Waals surface area contributed by atoms with Gasteiger partial charge in [0.15, 0.2) is 0 Å². The van der Waals surface area contributed by atoms with Crippen LogP contribution in [0.15, 0.2) is 48.4 Å². The summed E-state index contributed by atoms with van der Waals surface area (Å²) in [5.74, 6) is 1.35. The van der Waals surface area contributed by atoms with Gasteiger partial charge in [-0.3, -0.25) is 0 Å². The van der Waals surface area contributed by atoms with Crippen LogP contribution in [0.1, 0.15) is 30.9 Å². The lowest BCUT2D eigenvalue weighted by molar-refractivity contribution is 0.346. The number of aromatic nitrogens is 3. The lowest BCUT2D eigenvalue weighted by Crippen LogP contribution is -2.33. The van der Waals surface area contributed by atoms with Crippen LogP contribution < -0.4 is 5.32 Å². The topological polar surface area (TPSA) is 42.7 Å². The molecule has 4 heteroatoms. The Hall–Kier alpha value is -2.10. The molecular weight excluding hydrogens is 236 g/mol. The molecule has 0 bridgehead atoms. The zero-order valence-corrected chi connectivity index (χ0v) is 10.7. The summed E-state index contributed by atoms with van der Waals surface area (Å²) in [7, 11) is 0. The monoisotopic (exact) mass is 252 g/mol. The summed E-state index contributed by atoms with van der Waals surface area (Å²) in [6.07, 6.45) is 7.58. The molecule has 4 nitrogen and oxygen atoms in total. The molecule has 4 rings (SSSR count). The van der Waals surface area contributed by atoms with Crippen molar-refractivity contribution in [3.8, 4) is 0 Å². The van der Waals surface area contributed by atoms with Crippen LogP contribution in [0.2, 0.25) is 0 Å². The third kappa shape index (κ3) is 1.67. The highest BCUT2D eigenvalue weighted by Gasteiger charge is 2.35. The number of anilines is 1. The summed E-state index contributed by atoms with van der Waals surface area (Å²) >= 11 is 0. The second-order valence-electron chi connectivity index (χ2n) is 5.21. The summed E-state index contributed by atoms with van der Waals surface area (Å²) in [5.41, 5.74) is 2.63. The first kappa shape index (κ1) is 10.8. The van der Waals surface area contributed by atoms with Gasteiger partial charge in [0.05, 0.1) is 6.04 Å².